The van der Waals surface area contributed by atoms with Crippen LogP contribution >= 0.6 is 11.3 Å². The van der Waals surface area contributed by atoms with Crippen molar-refractivity contribution in [1.82, 2.24) is 9.88 Å². The minimum Gasteiger partial charge on any atom is -0.326 e. The number of hydrogen-bond acceptors (Lipinski definition) is 4. The SMILES string of the molecule is CCC(C)(C(N)Cc1nc(-c2ccccc2)cs1)N(C)C. The highest BCUT2D eigenvalue weighted by atomic mass is 32.1. The first-order valence-corrected chi connectivity index (χ1v) is 8.28. The summed E-state index contributed by atoms with van der Waals surface area (Å²) in [5.74, 6) is 0. The lowest BCUT2D eigenvalue weighted by Gasteiger charge is -2.40. The normalized spacial score (nSPS) is 15.9. The van der Waals surface area contributed by atoms with Gasteiger partial charge in [-0.25, -0.2) is 4.98 Å². The molecular formula is C17H25N3S. The molecule has 2 atom stereocenters. The highest BCUT2D eigenvalue weighted by Crippen LogP contribution is 2.26. The second-order valence-corrected chi connectivity index (χ2v) is 6.85. The molecule has 0 spiro atoms. The Labute approximate surface area is 131 Å². The van der Waals surface area contributed by atoms with Crippen LogP contribution in [0.2, 0.25) is 0 Å². The van der Waals surface area contributed by atoms with Gasteiger partial charge in [-0.15, -0.1) is 11.3 Å². The smallest absolute Gasteiger partial charge is 0.0948 e. The zero-order valence-electron chi connectivity index (χ0n) is 13.3. The van der Waals surface area contributed by atoms with Gasteiger partial charge in [0.2, 0.25) is 0 Å². The lowest BCUT2D eigenvalue weighted by atomic mass is 9.87. The summed E-state index contributed by atoms with van der Waals surface area (Å²) in [5.41, 5.74) is 8.68. The highest BCUT2D eigenvalue weighted by Gasteiger charge is 2.32. The molecule has 3 nitrogen and oxygen atoms in total. The molecule has 0 amide bonds. The fourth-order valence-corrected chi connectivity index (χ4v) is 3.33. The zero-order valence-corrected chi connectivity index (χ0v) is 14.2. The molecule has 114 valence electrons. The summed E-state index contributed by atoms with van der Waals surface area (Å²) in [7, 11) is 4.20. The lowest BCUT2D eigenvalue weighted by Crippen LogP contribution is -2.55. The van der Waals surface area contributed by atoms with Crippen LogP contribution in [0.1, 0.15) is 25.3 Å². The number of rotatable bonds is 6. The Morgan fingerprint density at radius 2 is 1.95 bits per heavy atom. The predicted octanol–water partition coefficient (Wildman–Crippen LogP) is 3.41. The number of thiazole rings is 1. The molecule has 2 N–H and O–H groups in total. The van der Waals surface area contributed by atoms with Gasteiger partial charge in [-0.3, -0.25) is 0 Å². The molecule has 21 heavy (non-hydrogen) atoms. The average Bonchev–Trinajstić information content (AvgIpc) is 2.95. The second kappa shape index (κ2) is 6.69. The van der Waals surface area contributed by atoms with Gasteiger partial charge in [0.15, 0.2) is 0 Å². The van der Waals surface area contributed by atoms with Crippen molar-refractivity contribution in [3.05, 3.63) is 40.7 Å². The quantitative estimate of drug-likeness (QED) is 0.889. The van der Waals surface area contributed by atoms with E-state index in [1.54, 1.807) is 11.3 Å². The first-order chi connectivity index (χ1) is 9.97. The maximum Gasteiger partial charge on any atom is 0.0948 e. The number of aromatic nitrogens is 1. The lowest BCUT2D eigenvalue weighted by molar-refractivity contribution is 0.131. The molecule has 0 aliphatic rings. The van der Waals surface area contributed by atoms with Gasteiger partial charge in [0.1, 0.15) is 0 Å². The summed E-state index contributed by atoms with van der Waals surface area (Å²) in [4.78, 5) is 6.97. The molecule has 1 aromatic carbocycles. The van der Waals surface area contributed by atoms with Crippen LogP contribution in [-0.2, 0) is 6.42 Å². The fourth-order valence-electron chi connectivity index (χ4n) is 2.46. The van der Waals surface area contributed by atoms with Crippen LogP contribution in [0.5, 0.6) is 0 Å². The van der Waals surface area contributed by atoms with Crippen LogP contribution in [0.15, 0.2) is 35.7 Å². The first kappa shape index (κ1) is 16.1. The van der Waals surface area contributed by atoms with Crippen LogP contribution in [-0.4, -0.2) is 35.6 Å². The summed E-state index contributed by atoms with van der Waals surface area (Å²) < 4.78 is 0. The third-order valence-corrected chi connectivity index (χ3v) is 5.42. The van der Waals surface area contributed by atoms with Crippen LogP contribution in [0.4, 0.5) is 0 Å². The van der Waals surface area contributed by atoms with Crippen LogP contribution in [0.25, 0.3) is 11.3 Å². The van der Waals surface area contributed by atoms with E-state index in [2.05, 4.69) is 50.4 Å². The number of hydrogen-bond donors (Lipinski definition) is 1. The molecule has 0 saturated heterocycles. The van der Waals surface area contributed by atoms with E-state index in [1.807, 2.05) is 18.2 Å². The highest BCUT2D eigenvalue weighted by molar-refractivity contribution is 7.09. The molecule has 0 aliphatic heterocycles. The van der Waals surface area contributed by atoms with Crippen LogP contribution in [0.3, 0.4) is 0 Å². The van der Waals surface area contributed by atoms with E-state index in [9.17, 15) is 0 Å². The van der Waals surface area contributed by atoms with Gasteiger partial charge >= 0.3 is 0 Å². The average molecular weight is 303 g/mol. The van der Waals surface area contributed by atoms with Crippen molar-refractivity contribution in [3.8, 4) is 11.3 Å². The molecule has 0 bridgehead atoms. The molecule has 1 aromatic heterocycles. The maximum absolute atomic E-state index is 6.47. The Morgan fingerprint density at radius 1 is 1.29 bits per heavy atom. The molecule has 0 fully saturated rings. The van der Waals surface area contributed by atoms with Crippen molar-refractivity contribution in [2.75, 3.05) is 14.1 Å². The van der Waals surface area contributed by atoms with E-state index < -0.39 is 0 Å². The van der Waals surface area contributed by atoms with Crippen molar-refractivity contribution in [1.29, 1.82) is 0 Å². The van der Waals surface area contributed by atoms with Crippen molar-refractivity contribution >= 4 is 11.3 Å². The van der Waals surface area contributed by atoms with E-state index in [-0.39, 0.29) is 11.6 Å². The second-order valence-electron chi connectivity index (χ2n) is 5.91. The van der Waals surface area contributed by atoms with Gasteiger partial charge in [0.25, 0.3) is 0 Å². The molecule has 0 aliphatic carbocycles. The Bertz CT molecular complexity index is 564. The number of likely N-dealkylation sites (N-methyl/N-ethyl adjacent to an activating group) is 1. The summed E-state index contributed by atoms with van der Waals surface area (Å²) in [6, 6.07) is 10.4. The Morgan fingerprint density at radius 3 is 2.52 bits per heavy atom. The molecule has 2 rings (SSSR count). The van der Waals surface area contributed by atoms with E-state index in [0.717, 1.165) is 23.5 Å². The summed E-state index contributed by atoms with van der Waals surface area (Å²) in [5, 5.41) is 3.24. The molecule has 2 unspecified atom stereocenters. The molecule has 0 radical (unpaired) electrons. The summed E-state index contributed by atoms with van der Waals surface area (Å²) >= 11 is 1.70. The fraction of sp³-hybridized carbons (Fsp3) is 0.471. The van der Waals surface area contributed by atoms with Crippen molar-refractivity contribution in [2.24, 2.45) is 5.73 Å². The van der Waals surface area contributed by atoms with E-state index in [4.69, 9.17) is 10.7 Å². The Balaban J connectivity index is 2.13. The Hall–Kier alpha value is -1.23. The zero-order chi connectivity index (χ0) is 15.5. The van der Waals surface area contributed by atoms with E-state index in [1.165, 1.54) is 5.56 Å². The van der Waals surface area contributed by atoms with Gasteiger partial charge < -0.3 is 10.6 Å². The summed E-state index contributed by atoms with van der Waals surface area (Å²) in [6.45, 7) is 4.42. The minimum atomic E-state index is -0.00141. The predicted molar refractivity (Wildman–Crippen MR) is 91.6 cm³/mol. The monoisotopic (exact) mass is 303 g/mol. The van der Waals surface area contributed by atoms with Gasteiger partial charge in [-0.1, -0.05) is 37.3 Å². The molecule has 1 heterocycles. The first-order valence-electron chi connectivity index (χ1n) is 7.40. The topological polar surface area (TPSA) is 42.1 Å². The number of nitrogens with two attached hydrogens (primary N) is 1. The maximum atomic E-state index is 6.47. The van der Waals surface area contributed by atoms with E-state index in [0.29, 0.717) is 0 Å². The van der Waals surface area contributed by atoms with Gasteiger partial charge in [0, 0.05) is 28.9 Å². The van der Waals surface area contributed by atoms with E-state index >= 15 is 0 Å². The standard InChI is InChI=1S/C17H25N3S/c1-5-17(2,20(3)4)15(18)11-16-19-14(12-21-16)13-9-7-6-8-10-13/h6-10,12,15H,5,11,18H2,1-4H3. The van der Waals surface area contributed by atoms with Crippen LogP contribution < -0.4 is 5.73 Å². The molecule has 0 saturated carbocycles. The van der Waals surface area contributed by atoms with Crippen molar-refractivity contribution in [3.63, 3.8) is 0 Å². The van der Waals surface area contributed by atoms with Gasteiger partial charge in [-0.2, -0.15) is 0 Å². The molecule has 4 heteroatoms. The van der Waals surface area contributed by atoms with Crippen molar-refractivity contribution < 1.29 is 0 Å². The van der Waals surface area contributed by atoms with Gasteiger partial charge in [0.05, 0.1) is 10.7 Å². The Kier molecular flexibility index (Phi) is 5.14. The third-order valence-electron chi connectivity index (χ3n) is 4.55. The van der Waals surface area contributed by atoms with Gasteiger partial charge in [-0.05, 0) is 27.4 Å². The minimum absolute atomic E-state index is 0.00141. The van der Waals surface area contributed by atoms with Crippen LogP contribution in [0, 0.1) is 0 Å². The molecular weight excluding hydrogens is 278 g/mol. The molecule has 2 aromatic rings. The number of nitrogens with zero attached hydrogens (tertiary/aromatic N) is 2. The summed E-state index contributed by atoms with van der Waals surface area (Å²) in [6.07, 6.45) is 1.85. The van der Waals surface area contributed by atoms with Crippen molar-refractivity contribution in [2.45, 2.75) is 38.3 Å². The third kappa shape index (κ3) is 3.51. The largest absolute Gasteiger partial charge is 0.326 e. The number of benzene rings is 1.